The molecule has 0 bridgehead atoms. The Balaban J connectivity index is 1.69. The quantitative estimate of drug-likeness (QED) is 0.874. The van der Waals surface area contributed by atoms with Gasteiger partial charge in [0.2, 0.25) is 0 Å². The van der Waals surface area contributed by atoms with Crippen molar-refractivity contribution in [3.63, 3.8) is 0 Å². The zero-order valence-electron chi connectivity index (χ0n) is 9.71. The third-order valence-electron chi connectivity index (χ3n) is 3.14. The van der Waals surface area contributed by atoms with Crippen molar-refractivity contribution < 1.29 is 0 Å². The third-order valence-corrected chi connectivity index (χ3v) is 4.35. The predicted octanol–water partition coefficient (Wildman–Crippen LogP) is 2.83. The van der Waals surface area contributed by atoms with E-state index in [1.807, 2.05) is 6.07 Å². The molecule has 90 valence electrons. The Labute approximate surface area is 107 Å². The van der Waals surface area contributed by atoms with Crippen LogP contribution in [0.3, 0.4) is 0 Å². The van der Waals surface area contributed by atoms with Gasteiger partial charge in [0.1, 0.15) is 0 Å². The number of nitrogens with zero attached hydrogens (tertiary/aromatic N) is 1. The van der Waals surface area contributed by atoms with Gasteiger partial charge in [0.05, 0.1) is 4.34 Å². The van der Waals surface area contributed by atoms with Crippen molar-refractivity contribution in [2.75, 3.05) is 26.7 Å². The second kappa shape index (κ2) is 6.01. The summed E-state index contributed by atoms with van der Waals surface area (Å²) in [5.74, 6) is 0.884. The molecular formula is C12H19ClN2S. The molecule has 1 atom stereocenters. The summed E-state index contributed by atoms with van der Waals surface area (Å²) < 4.78 is 0.892. The molecule has 1 N–H and O–H groups in total. The molecule has 1 aromatic heterocycles. The molecular weight excluding hydrogens is 240 g/mol. The van der Waals surface area contributed by atoms with E-state index in [9.17, 15) is 0 Å². The summed E-state index contributed by atoms with van der Waals surface area (Å²) in [7, 11) is 2.19. The lowest BCUT2D eigenvalue weighted by molar-refractivity contribution is 0.300. The van der Waals surface area contributed by atoms with Crippen molar-refractivity contribution >= 4 is 22.9 Å². The molecule has 2 heterocycles. The molecule has 1 aliphatic rings. The third kappa shape index (κ3) is 3.74. The van der Waals surface area contributed by atoms with Crippen LogP contribution in [-0.4, -0.2) is 31.6 Å². The summed E-state index contributed by atoms with van der Waals surface area (Å²) >= 11 is 7.60. The first kappa shape index (κ1) is 12.4. The summed E-state index contributed by atoms with van der Waals surface area (Å²) in [5.41, 5.74) is 0. The molecule has 4 heteroatoms. The Morgan fingerprint density at radius 3 is 3.06 bits per heavy atom. The molecule has 1 fully saturated rings. The van der Waals surface area contributed by atoms with Crippen LogP contribution in [0.25, 0.3) is 0 Å². The van der Waals surface area contributed by atoms with Crippen molar-refractivity contribution in [3.8, 4) is 0 Å². The van der Waals surface area contributed by atoms with Crippen LogP contribution in [0.2, 0.25) is 4.34 Å². The van der Waals surface area contributed by atoms with E-state index >= 15 is 0 Å². The van der Waals surface area contributed by atoms with E-state index in [4.69, 9.17) is 11.6 Å². The highest BCUT2D eigenvalue weighted by Crippen LogP contribution is 2.22. The number of hydrogen-bond donors (Lipinski definition) is 1. The minimum atomic E-state index is 0.884. The van der Waals surface area contributed by atoms with Crippen molar-refractivity contribution in [1.82, 2.24) is 10.2 Å². The van der Waals surface area contributed by atoms with Gasteiger partial charge in [-0.15, -0.1) is 11.3 Å². The molecule has 0 aliphatic carbocycles. The lowest BCUT2D eigenvalue weighted by atomic mass is 10.1. The Bertz CT molecular complexity index is 321. The Kier molecular flexibility index (Phi) is 4.65. The number of rotatable bonds is 5. The van der Waals surface area contributed by atoms with Gasteiger partial charge in [-0.05, 0) is 57.6 Å². The van der Waals surface area contributed by atoms with Crippen LogP contribution in [0.5, 0.6) is 0 Å². The number of nitrogens with one attached hydrogen (secondary N) is 1. The average Bonchev–Trinajstić information content (AvgIpc) is 2.87. The molecule has 0 amide bonds. The van der Waals surface area contributed by atoms with E-state index in [1.165, 1.54) is 37.4 Å². The minimum absolute atomic E-state index is 0.884. The van der Waals surface area contributed by atoms with E-state index in [-0.39, 0.29) is 0 Å². The molecule has 16 heavy (non-hydrogen) atoms. The Morgan fingerprint density at radius 2 is 2.44 bits per heavy atom. The SMILES string of the molecule is CN(CCC1CCNC1)Cc1ccc(Cl)s1. The molecule has 0 radical (unpaired) electrons. The molecule has 1 unspecified atom stereocenters. The second-order valence-electron chi connectivity index (χ2n) is 4.59. The maximum atomic E-state index is 5.92. The monoisotopic (exact) mass is 258 g/mol. The van der Waals surface area contributed by atoms with Crippen molar-refractivity contribution in [1.29, 1.82) is 0 Å². The maximum Gasteiger partial charge on any atom is 0.0931 e. The van der Waals surface area contributed by atoms with Gasteiger partial charge in [0.15, 0.2) is 0 Å². The highest BCUT2D eigenvalue weighted by atomic mass is 35.5. The summed E-state index contributed by atoms with van der Waals surface area (Å²) in [5, 5.41) is 3.42. The molecule has 1 saturated heterocycles. The van der Waals surface area contributed by atoms with Crippen LogP contribution < -0.4 is 5.32 Å². The fraction of sp³-hybridized carbons (Fsp3) is 0.667. The van der Waals surface area contributed by atoms with Crippen molar-refractivity contribution in [3.05, 3.63) is 21.3 Å². The summed E-state index contributed by atoms with van der Waals surface area (Å²) in [6.07, 6.45) is 2.65. The summed E-state index contributed by atoms with van der Waals surface area (Å²) in [6.45, 7) is 4.62. The van der Waals surface area contributed by atoms with Crippen molar-refractivity contribution in [2.24, 2.45) is 5.92 Å². The highest BCUT2D eigenvalue weighted by Gasteiger charge is 2.14. The smallest absolute Gasteiger partial charge is 0.0931 e. The van der Waals surface area contributed by atoms with Gasteiger partial charge in [0.25, 0.3) is 0 Å². The van der Waals surface area contributed by atoms with Gasteiger partial charge < -0.3 is 10.2 Å². The van der Waals surface area contributed by atoms with Gasteiger partial charge in [0, 0.05) is 11.4 Å². The Morgan fingerprint density at radius 1 is 1.56 bits per heavy atom. The number of hydrogen-bond acceptors (Lipinski definition) is 3. The van der Waals surface area contributed by atoms with Crippen molar-refractivity contribution in [2.45, 2.75) is 19.4 Å². The largest absolute Gasteiger partial charge is 0.316 e. The van der Waals surface area contributed by atoms with Crippen LogP contribution in [0.15, 0.2) is 12.1 Å². The van der Waals surface area contributed by atoms with E-state index in [2.05, 4.69) is 23.3 Å². The molecule has 2 nitrogen and oxygen atoms in total. The zero-order valence-corrected chi connectivity index (χ0v) is 11.3. The first-order chi connectivity index (χ1) is 7.74. The van der Waals surface area contributed by atoms with Gasteiger partial charge in [-0.1, -0.05) is 11.6 Å². The first-order valence-corrected chi connectivity index (χ1v) is 7.07. The normalized spacial score (nSPS) is 20.8. The maximum absolute atomic E-state index is 5.92. The summed E-state index contributed by atoms with van der Waals surface area (Å²) in [6, 6.07) is 4.11. The second-order valence-corrected chi connectivity index (χ2v) is 6.39. The molecule has 0 spiro atoms. The first-order valence-electron chi connectivity index (χ1n) is 5.87. The standard InChI is InChI=1S/C12H19ClN2S/c1-15(7-5-10-4-6-14-8-10)9-11-2-3-12(13)16-11/h2-3,10,14H,4-9H2,1H3. The number of thiophene rings is 1. The van der Waals surface area contributed by atoms with Gasteiger partial charge >= 0.3 is 0 Å². The van der Waals surface area contributed by atoms with Crippen LogP contribution in [0.4, 0.5) is 0 Å². The van der Waals surface area contributed by atoms with E-state index < -0.39 is 0 Å². The van der Waals surface area contributed by atoms with E-state index in [1.54, 1.807) is 11.3 Å². The molecule has 0 saturated carbocycles. The van der Waals surface area contributed by atoms with E-state index in [0.29, 0.717) is 0 Å². The summed E-state index contributed by atoms with van der Waals surface area (Å²) in [4.78, 5) is 3.75. The van der Waals surface area contributed by atoms with E-state index in [0.717, 1.165) is 16.8 Å². The number of halogens is 1. The lowest BCUT2D eigenvalue weighted by Crippen LogP contribution is -2.21. The lowest BCUT2D eigenvalue weighted by Gasteiger charge is -2.17. The predicted molar refractivity (Wildman–Crippen MR) is 71.3 cm³/mol. The molecule has 1 aromatic rings. The highest BCUT2D eigenvalue weighted by molar-refractivity contribution is 7.16. The molecule has 1 aliphatic heterocycles. The fourth-order valence-corrected chi connectivity index (χ4v) is 3.31. The Hall–Kier alpha value is -0.0900. The molecule has 0 aromatic carbocycles. The van der Waals surface area contributed by atoms with Crippen LogP contribution in [0, 0.1) is 5.92 Å². The zero-order chi connectivity index (χ0) is 11.4. The van der Waals surface area contributed by atoms with Crippen LogP contribution >= 0.6 is 22.9 Å². The van der Waals surface area contributed by atoms with Crippen LogP contribution in [-0.2, 0) is 6.54 Å². The van der Waals surface area contributed by atoms with Gasteiger partial charge in [-0.2, -0.15) is 0 Å². The average molecular weight is 259 g/mol. The van der Waals surface area contributed by atoms with Gasteiger partial charge in [-0.25, -0.2) is 0 Å². The topological polar surface area (TPSA) is 15.3 Å². The minimum Gasteiger partial charge on any atom is -0.316 e. The van der Waals surface area contributed by atoms with Crippen LogP contribution in [0.1, 0.15) is 17.7 Å². The molecule has 2 rings (SSSR count). The fourth-order valence-electron chi connectivity index (χ4n) is 2.15. The van der Waals surface area contributed by atoms with Gasteiger partial charge in [-0.3, -0.25) is 0 Å².